The van der Waals surface area contributed by atoms with Crippen molar-refractivity contribution in [2.75, 3.05) is 4.90 Å². The lowest BCUT2D eigenvalue weighted by Gasteiger charge is -2.41. The topological polar surface area (TPSA) is 97.7 Å². The minimum absolute atomic E-state index is 0.162. The summed E-state index contributed by atoms with van der Waals surface area (Å²) in [6.07, 6.45) is 1.54. The molecule has 1 amide bonds. The molecule has 1 saturated carbocycles. The van der Waals surface area contributed by atoms with Crippen LogP contribution < -0.4 is 15.5 Å². The van der Waals surface area contributed by atoms with Crippen molar-refractivity contribution in [3.05, 3.63) is 60.4 Å². The Morgan fingerprint density at radius 3 is 2.75 bits per heavy atom. The van der Waals surface area contributed by atoms with E-state index >= 15 is 0 Å². The molecule has 0 bridgehead atoms. The number of rotatable bonds is 4. The first kappa shape index (κ1) is 18.8. The molecule has 2 fully saturated rings. The lowest BCUT2D eigenvalue weighted by atomic mass is 9.77. The number of aliphatic hydroxyl groups excluding tert-OH is 2. The van der Waals surface area contributed by atoms with Gasteiger partial charge in [-0.15, -0.1) is 0 Å². The minimum Gasteiger partial charge on any atom is -0.390 e. The number of hydrogen-bond donors (Lipinski definition) is 4. The second kappa shape index (κ2) is 7.83. The van der Waals surface area contributed by atoms with Crippen LogP contribution >= 0.6 is 12.2 Å². The normalized spacial score (nSPS) is 29.1. The lowest BCUT2D eigenvalue weighted by Crippen LogP contribution is -2.60. The minimum atomic E-state index is -1.00. The number of benzene rings is 1. The highest BCUT2D eigenvalue weighted by molar-refractivity contribution is 7.80. The van der Waals surface area contributed by atoms with Crippen molar-refractivity contribution in [3.63, 3.8) is 0 Å². The van der Waals surface area contributed by atoms with Crippen LogP contribution in [-0.4, -0.2) is 50.5 Å². The molecule has 2 aliphatic rings. The van der Waals surface area contributed by atoms with E-state index in [-0.39, 0.29) is 18.4 Å². The number of para-hydroxylation sites is 1. The molecule has 2 heterocycles. The lowest BCUT2D eigenvalue weighted by molar-refractivity contribution is -0.131. The third-order valence-electron chi connectivity index (χ3n) is 5.41. The van der Waals surface area contributed by atoms with Crippen molar-refractivity contribution >= 4 is 28.9 Å². The Morgan fingerprint density at radius 1 is 1.25 bits per heavy atom. The highest BCUT2D eigenvalue weighted by atomic mass is 32.1. The van der Waals surface area contributed by atoms with Crippen LogP contribution in [0.3, 0.4) is 0 Å². The molecular weight excluding hydrogens is 376 g/mol. The molecular formula is C20H22N4O3S. The van der Waals surface area contributed by atoms with Crippen LogP contribution in [0.1, 0.15) is 12.0 Å². The van der Waals surface area contributed by atoms with Crippen molar-refractivity contribution in [1.82, 2.24) is 15.6 Å². The second-order valence-electron chi connectivity index (χ2n) is 7.15. The number of amides is 1. The predicted octanol–water partition coefficient (Wildman–Crippen LogP) is 0.571. The van der Waals surface area contributed by atoms with Gasteiger partial charge in [-0.1, -0.05) is 24.3 Å². The third kappa shape index (κ3) is 3.46. The molecule has 1 aromatic carbocycles. The first-order valence-electron chi connectivity index (χ1n) is 9.24. The molecule has 146 valence electrons. The van der Waals surface area contributed by atoms with E-state index < -0.39 is 24.2 Å². The van der Waals surface area contributed by atoms with Crippen molar-refractivity contribution in [2.45, 2.75) is 37.3 Å². The summed E-state index contributed by atoms with van der Waals surface area (Å²) in [5.74, 6) is -0.717. The molecule has 7 nitrogen and oxygen atoms in total. The molecule has 1 aromatic heterocycles. The standard InChI is InChI=1S/C20H22N4O3S/c25-15-9-14(19(27)22-11-12-5-4-8-21-10-12)17-16(18(15)26)23-20(28)24(17)13-6-2-1-3-7-13/h1-8,10,14-18,25-26H,9,11H2,(H,22,27)(H,23,28)/t14-,15-,16-,17-,18+/m1/s1. The Bertz CT molecular complexity index is 851. The fourth-order valence-corrected chi connectivity index (χ4v) is 4.42. The van der Waals surface area contributed by atoms with Crippen LogP contribution in [0.25, 0.3) is 0 Å². The third-order valence-corrected chi connectivity index (χ3v) is 5.72. The number of carbonyl (C=O) groups is 1. The fraction of sp³-hybridized carbons (Fsp3) is 0.350. The Balaban J connectivity index is 1.59. The Labute approximate surface area is 168 Å². The number of fused-ring (bicyclic) bond motifs is 1. The fourth-order valence-electron chi connectivity index (χ4n) is 4.05. The van der Waals surface area contributed by atoms with Gasteiger partial charge in [-0.3, -0.25) is 9.78 Å². The summed E-state index contributed by atoms with van der Waals surface area (Å²) in [7, 11) is 0. The summed E-state index contributed by atoms with van der Waals surface area (Å²) in [5, 5.41) is 27.3. The number of aromatic nitrogens is 1. The van der Waals surface area contributed by atoms with Gasteiger partial charge in [0.05, 0.1) is 24.1 Å². The number of anilines is 1. The number of thiocarbonyl (C=S) groups is 1. The molecule has 0 spiro atoms. The molecule has 4 rings (SSSR count). The second-order valence-corrected chi connectivity index (χ2v) is 7.54. The van der Waals surface area contributed by atoms with E-state index in [2.05, 4.69) is 15.6 Å². The van der Waals surface area contributed by atoms with E-state index in [1.807, 2.05) is 47.4 Å². The van der Waals surface area contributed by atoms with E-state index in [0.717, 1.165) is 11.3 Å². The van der Waals surface area contributed by atoms with Gasteiger partial charge in [-0.05, 0) is 42.4 Å². The van der Waals surface area contributed by atoms with Crippen LogP contribution in [0.2, 0.25) is 0 Å². The predicted molar refractivity (Wildman–Crippen MR) is 108 cm³/mol. The maximum absolute atomic E-state index is 13.0. The molecule has 1 saturated heterocycles. The van der Waals surface area contributed by atoms with E-state index in [0.29, 0.717) is 11.7 Å². The van der Waals surface area contributed by atoms with Gasteiger partial charge < -0.3 is 25.7 Å². The highest BCUT2D eigenvalue weighted by Gasteiger charge is 2.53. The summed E-state index contributed by atoms with van der Waals surface area (Å²) in [6, 6.07) is 12.3. The first-order valence-corrected chi connectivity index (χ1v) is 9.64. The van der Waals surface area contributed by atoms with Gasteiger partial charge in [0, 0.05) is 24.6 Å². The number of aliphatic hydroxyl groups is 2. The zero-order valence-corrected chi connectivity index (χ0v) is 15.9. The van der Waals surface area contributed by atoms with Crippen LogP contribution in [0.5, 0.6) is 0 Å². The van der Waals surface area contributed by atoms with Gasteiger partial charge in [0.2, 0.25) is 5.91 Å². The molecule has 0 radical (unpaired) electrons. The first-order chi connectivity index (χ1) is 13.6. The van der Waals surface area contributed by atoms with Crippen molar-refractivity contribution < 1.29 is 15.0 Å². The number of hydrogen-bond acceptors (Lipinski definition) is 5. The molecule has 28 heavy (non-hydrogen) atoms. The van der Waals surface area contributed by atoms with E-state index in [4.69, 9.17) is 12.2 Å². The maximum atomic E-state index is 13.0. The number of nitrogens with one attached hydrogen (secondary N) is 2. The molecule has 8 heteroatoms. The molecule has 4 N–H and O–H groups in total. The van der Waals surface area contributed by atoms with Crippen LogP contribution in [0.4, 0.5) is 5.69 Å². The van der Waals surface area contributed by atoms with Gasteiger partial charge >= 0.3 is 0 Å². The number of nitrogens with zero attached hydrogens (tertiary/aromatic N) is 2. The summed E-state index contributed by atoms with van der Waals surface area (Å²) < 4.78 is 0. The monoisotopic (exact) mass is 398 g/mol. The number of carbonyl (C=O) groups excluding carboxylic acids is 1. The van der Waals surface area contributed by atoms with Gasteiger partial charge in [0.1, 0.15) is 6.10 Å². The van der Waals surface area contributed by atoms with Crippen LogP contribution in [0, 0.1) is 5.92 Å². The van der Waals surface area contributed by atoms with E-state index in [1.165, 1.54) is 0 Å². The molecule has 1 aliphatic carbocycles. The van der Waals surface area contributed by atoms with Crippen LogP contribution in [0.15, 0.2) is 54.9 Å². The van der Waals surface area contributed by atoms with Gasteiger partial charge in [-0.2, -0.15) is 0 Å². The largest absolute Gasteiger partial charge is 0.390 e. The summed E-state index contributed by atoms with van der Waals surface area (Å²) in [6.45, 7) is 0.350. The Hall–Kier alpha value is -2.55. The van der Waals surface area contributed by atoms with Gasteiger partial charge in [0.15, 0.2) is 5.11 Å². The van der Waals surface area contributed by atoms with Crippen LogP contribution in [-0.2, 0) is 11.3 Å². The smallest absolute Gasteiger partial charge is 0.225 e. The maximum Gasteiger partial charge on any atom is 0.225 e. The highest BCUT2D eigenvalue weighted by Crippen LogP contribution is 2.36. The van der Waals surface area contributed by atoms with Crippen molar-refractivity contribution in [3.8, 4) is 0 Å². The summed E-state index contributed by atoms with van der Waals surface area (Å²) >= 11 is 5.49. The zero-order valence-electron chi connectivity index (χ0n) is 15.1. The SMILES string of the molecule is O=C(NCc1cccnc1)[C@@H]1C[C@@H](O)[C@H](O)[C@@H]2NC(=S)N(c3ccccc3)[C@@H]21. The van der Waals surface area contributed by atoms with E-state index in [9.17, 15) is 15.0 Å². The molecule has 2 aromatic rings. The molecule has 5 atom stereocenters. The summed E-state index contributed by atoms with van der Waals surface area (Å²) in [5.41, 5.74) is 1.74. The summed E-state index contributed by atoms with van der Waals surface area (Å²) in [4.78, 5) is 19.0. The van der Waals surface area contributed by atoms with Gasteiger partial charge in [-0.25, -0.2) is 0 Å². The van der Waals surface area contributed by atoms with E-state index in [1.54, 1.807) is 12.4 Å². The van der Waals surface area contributed by atoms with Crippen molar-refractivity contribution in [1.29, 1.82) is 0 Å². The van der Waals surface area contributed by atoms with Crippen molar-refractivity contribution in [2.24, 2.45) is 5.92 Å². The Morgan fingerprint density at radius 2 is 2.04 bits per heavy atom. The average molecular weight is 398 g/mol. The quantitative estimate of drug-likeness (QED) is 0.559. The zero-order chi connectivity index (χ0) is 19.7. The molecule has 1 aliphatic heterocycles. The average Bonchev–Trinajstić information content (AvgIpc) is 3.07. The Kier molecular flexibility index (Phi) is 5.25. The molecule has 0 unspecified atom stereocenters. The number of pyridine rings is 1. The van der Waals surface area contributed by atoms with Gasteiger partial charge in [0.25, 0.3) is 0 Å².